The summed E-state index contributed by atoms with van der Waals surface area (Å²) >= 11 is 3.90. The van der Waals surface area contributed by atoms with E-state index in [1.807, 2.05) is 0 Å². The Balaban J connectivity index is 3.05. The first kappa shape index (κ1) is 8.95. The second-order valence-electron chi connectivity index (χ2n) is 2.19. The van der Waals surface area contributed by atoms with E-state index < -0.39 is 0 Å². The third kappa shape index (κ3) is 2.18. The second-order valence-corrected chi connectivity index (χ2v) is 2.51. The molecule has 62 valence electrons. The lowest BCUT2D eigenvalue weighted by Crippen LogP contribution is -1.90. The Labute approximate surface area is 76.2 Å². The largest absolute Gasteiger partial charge is 0.398 e. The van der Waals surface area contributed by atoms with Crippen LogP contribution < -0.4 is 5.73 Å². The molecule has 0 aliphatic rings. The van der Waals surface area contributed by atoms with Crippen molar-refractivity contribution in [2.75, 3.05) is 11.5 Å². The van der Waals surface area contributed by atoms with Crippen LogP contribution in [0.4, 0.5) is 10.1 Å². The van der Waals surface area contributed by atoms with Crippen molar-refractivity contribution in [3.63, 3.8) is 0 Å². The minimum atomic E-state index is -0.326. The van der Waals surface area contributed by atoms with Crippen LogP contribution in [0.2, 0.25) is 0 Å². The van der Waals surface area contributed by atoms with Crippen LogP contribution in [-0.4, -0.2) is 5.75 Å². The third-order valence-electron chi connectivity index (χ3n) is 1.32. The molecule has 12 heavy (non-hydrogen) atoms. The summed E-state index contributed by atoms with van der Waals surface area (Å²) in [4.78, 5) is 0. The fourth-order valence-corrected chi connectivity index (χ4v) is 0.851. The molecule has 1 aromatic rings. The van der Waals surface area contributed by atoms with Crippen LogP contribution in [0.15, 0.2) is 18.2 Å². The maximum atomic E-state index is 12.6. The van der Waals surface area contributed by atoms with E-state index in [1.165, 1.54) is 18.2 Å². The second kappa shape index (κ2) is 4.03. The molecule has 0 aromatic heterocycles. The number of thiol groups is 1. The molecule has 0 aliphatic heterocycles. The Hall–Kier alpha value is -1.14. The summed E-state index contributed by atoms with van der Waals surface area (Å²) in [7, 11) is 0. The molecule has 0 atom stereocenters. The van der Waals surface area contributed by atoms with Crippen LogP contribution in [-0.2, 0) is 0 Å². The number of nitrogen functional groups attached to an aromatic ring is 1. The molecule has 0 fully saturated rings. The van der Waals surface area contributed by atoms with Gasteiger partial charge in [-0.1, -0.05) is 11.8 Å². The van der Waals surface area contributed by atoms with Gasteiger partial charge >= 0.3 is 0 Å². The van der Waals surface area contributed by atoms with Crippen LogP contribution in [0, 0.1) is 17.7 Å². The van der Waals surface area contributed by atoms with Crippen molar-refractivity contribution in [1.29, 1.82) is 0 Å². The zero-order valence-corrected chi connectivity index (χ0v) is 7.24. The summed E-state index contributed by atoms with van der Waals surface area (Å²) in [5.41, 5.74) is 6.55. The standard InChI is InChI=1S/C9H8FNS/c10-8-3-4-9(11)7(6-8)2-1-5-12/h3-4,6,12H,5,11H2. The lowest BCUT2D eigenvalue weighted by Gasteiger charge is -1.96. The van der Waals surface area contributed by atoms with E-state index in [2.05, 4.69) is 24.5 Å². The van der Waals surface area contributed by atoms with E-state index in [1.54, 1.807) is 0 Å². The fourth-order valence-electron chi connectivity index (χ4n) is 0.772. The molecule has 0 radical (unpaired) electrons. The van der Waals surface area contributed by atoms with Gasteiger partial charge in [0.05, 0.1) is 11.3 Å². The number of halogens is 1. The maximum absolute atomic E-state index is 12.6. The van der Waals surface area contributed by atoms with Gasteiger partial charge in [0.15, 0.2) is 0 Å². The molecule has 0 saturated carbocycles. The molecule has 1 rings (SSSR count). The number of anilines is 1. The number of rotatable bonds is 0. The Kier molecular flexibility index (Phi) is 3.01. The molecule has 1 nitrogen and oxygen atoms in total. The summed E-state index contributed by atoms with van der Waals surface area (Å²) < 4.78 is 12.6. The zero-order chi connectivity index (χ0) is 8.97. The Morgan fingerprint density at radius 1 is 1.50 bits per heavy atom. The average Bonchev–Trinajstić information content (AvgIpc) is 2.07. The highest BCUT2D eigenvalue weighted by Gasteiger charge is 1.96. The average molecular weight is 181 g/mol. The first-order valence-electron chi connectivity index (χ1n) is 3.39. The first-order valence-corrected chi connectivity index (χ1v) is 4.02. The van der Waals surface area contributed by atoms with Gasteiger partial charge in [0.2, 0.25) is 0 Å². The van der Waals surface area contributed by atoms with Crippen molar-refractivity contribution in [2.45, 2.75) is 0 Å². The molecule has 0 bridgehead atoms. The summed E-state index contributed by atoms with van der Waals surface area (Å²) in [5, 5.41) is 0. The van der Waals surface area contributed by atoms with Crippen molar-refractivity contribution in [2.24, 2.45) is 0 Å². The van der Waals surface area contributed by atoms with E-state index in [4.69, 9.17) is 5.73 Å². The summed E-state index contributed by atoms with van der Waals surface area (Å²) in [6, 6.07) is 4.12. The fraction of sp³-hybridized carbons (Fsp3) is 0.111. The maximum Gasteiger partial charge on any atom is 0.124 e. The van der Waals surface area contributed by atoms with Gasteiger partial charge in [0.1, 0.15) is 5.82 Å². The topological polar surface area (TPSA) is 26.0 Å². The van der Waals surface area contributed by atoms with Gasteiger partial charge < -0.3 is 5.73 Å². The van der Waals surface area contributed by atoms with Crippen molar-refractivity contribution in [3.05, 3.63) is 29.6 Å². The molecular formula is C9H8FNS. The Morgan fingerprint density at radius 3 is 2.92 bits per heavy atom. The molecule has 0 amide bonds. The minimum Gasteiger partial charge on any atom is -0.398 e. The zero-order valence-electron chi connectivity index (χ0n) is 6.34. The van der Waals surface area contributed by atoms with E-state index in [9.17, 15) is 4.39 Å². The SMILES string of the molecule is Nc1ccc(F)cc1C#CCS. The first-order chi connectivity index (χ1) is 5.74. The predicted octanol–water partition coefficient (Wildman–Crippen LogP) is 1.69. The minimum absolute atomic E-state index is 0.326. The lowest BCUT2D eigenvalue weighted by molar-refractivity contribution is 0.627. The quantitative estimate of drug-likeness (QED) is 0.355. The molecule has 0 spiro atoms. The van der Waals surface area contributed by atoms with E-state index in [0.29, 0.717) is 17.0 Å². The number of nitrogens with two attached hydrogens (primary N) is 1. The highest BCUT2D eigenvalue weighted by atomic mass is 32.1. The van der Waals surface area contributed by atoms with Gasteiger partial charge in [-0.3, -0.25) is 0 Å². The number of hydrogen-bond acceptors (Lipinski definition) is 2. The number of hydrogen-bond donors (Lipinski definition) is 2. The monoisotopic (exact) mass is 181 g/mol. The van der Waals surface area contributed by atoms with Crippen molar-refractivity contribution in [3.8, 4) is 11.8 Å². The smallest absolute Gasteiger partial charge is 0.124 e. The third-order valence-corrected chi connectivity index (χ3v) is 1.48. The predicted molar refractivity (Wildman–Crippen MR) is 51.5 cm³/mol. The van der Waals surface area contributed by atoms with E-state index >= 15 is 0 Å². The molecule has 0 unspecified atom stereocenters. The van der Waals surface area contributed by atoms with Crippen molar-refractivity contribution >= 4 is 18.3 Å². The highest BCUT2D eigenvalue weighted by molar-refractivity contribution is 7.80. The van der Waals surface area contributed by atoms with Gasteiger partial charge in [-0.05, 0) is 18.2 Å². The summed E-state index contributed by atoms with van der Waals surface area (Å²) in [6.45, 7) is 0. The van der Waals surface area contributed by atoms with Crippen molar-refractivity contribution < 1.29 is 4.39 Å². The Morgan fingerprint density at radius 2 is 2.25 bits per heavy atom. The molecule has 1 aromatic carbocycles. The van der Waals surface area contributed by atoms with Gasteiger partial charge in [-0.2, -0.15) is 12.6 Å². The van der Waals surface area contributed by atoms with Gasteiger partial charge in [-0.25, -0.2) is 4.39 Å². The highest BCUT2D eigenvalue weighted by Crippen LogP contribution is 2.11. The molecule has 2 N–H and O–H groups in total. The van der Waals surface area contributed by atoms with Crippen LogP contribution in [0.3, 0.4) is 0 Å². The van der Waals surface area contributed by atoms with Crippen LogP contribution >= 0.6 is 12.6 Å². The molecule has 0 aliphatic carbocycles. The Bertz CT molecular complexity index is 338. The van der Waals surface area contributed by atoms with Crippen LogP contribution in [0.1, 0.15) is 5.56 Å². The van der Waals surface area contributed by atoms with Gasteiger partial charge in [0, 0.05) is 5.69 Å². The molecular weight excluding hydrogens is 173 g/mol. The number of benzene rings is 1. The summed E-state index contributed by atoms with van der Waals surface area (Å²) in [6.07, 6.45) is 0. The molecule has 0 saturated heterocycles. The lowest BCUT2D eigenvalue weighted by atomic mass is 10.2. The molecule has 0 heterocycles. The van der Waals surface area contributed by atoms with E-state index in [-0.39, 0.29) is 5.82 Å². The normalized spacial score (nSPS) is 8.83. The van der Waals surface area contributed by atoms with Crippen LogP contribution in [0.5, 0.6) is 0 Å². The summed E-state index contributed by atoms with van der Waals surface area (Å²) in [5.74, 6) is 5.53. The van der Waals surface area contributed by atoms with Crippen molar-refractivity contribution in [1.82, 2.24) is 0 Å². The van der Waals surface area contributed by atoms with E-state index in [0.717, 1.165) is 0 Å². The van der Waals surface area contributed by atoms with Gasteiger partial charge in [0.25, 0.3) is 0 Å². The molecule has 3 heteroatoms. The van der Waals surface area contributed by atoms with Gasteiger partial charge in [-0.15, -0.1) is 0 Å². The van der Waals surface area contributed by atoms with Crippen LogP contribution in [0.25, 0.3) is 0 Å².